The first kappa shape index (κ1) is 13.1. The standard InChI is InChI=1S/C18H20O4/c1-17-14-11(13(20-17)8-10-6-4-3-5-7-10)9-12-15(14)18(2,22-17)21-16(12)19/h3-7,11-15H,8-9H2,1-2H3/t11?,12?,13-,14?,15?,17+,18-/m1/s1. The molecule has 1 aromatic rings. The molecule has 4 aliphatic rings. The third-order valence-corrected chi connectivity index (χ3v) is 6.17. The second-order valence-electron chi connectivity index (χ2n) is 7.46. The molecule has 0 N–H and O–H groups in total. The van der Waals surface area contributed by atoms with E-state index in [1.165, 1.54) is 5.56 Å². The molecule has 0 aromatic heterocycles. The normalized spacial score (nSPS) is 51.2. The van der Waals surface area contributed by atoms with Gasteiger partial charge in [0.2, 0.25) is 5.79 Å². The Morgan fingerprint density at radius 2 is 1.91 bits per heavy atom. The van der Waals surface area contributed by atoms with Gasteiger partial charge in [-0.2, -0.15) is 0 Å². The van der Waals surface area contributed by atoms with Crippen molar-refractivity contribution in [2.24, 2.45) is 23.7 Å². The zero-order chi connectivity index (χ0) is 15.1. The molecule has 5 rings (SSSR count). The number of esters is 1. The van der Waals surface area contributed by atoms with Crippen LogP contribution in [0.25, 0.3) is 0 Å². The van der Waals surface area contributed by atoms with Gasteiger partial charge in [-0.25, -0.2) is 0 Å². The Morgan fingerprint density at radius 3 is 2.68 bits per heavy atom. The van der Waals surface area contributed by atoms with Crippen LogP contribution in [0.5, 0.6) is 0 Å². The van der Waals surface area contributed by atoms with E-state index in [0.29, 0.717) is 5.92 Å². The minimum atomic E-state index is -0.784. The Labute approximate surface area is 129 Å². The molecule has 1 saturated carbocycles. The predicted octanol–water partition coefficient (Wildman–Crippen LogP) is 2.52. The molecule has 1 aliphatic carbocycles. The third-order valence-electron chi connectivity index (χ3n) is 6.17. The molecule has 0 spiro atoms. The lowest BCUT2D eigenvalue weighted by Crippen LogP contribution is -2.36. The van der Waals surface area contributed by atoms with Gasteiger partial charge in [0.05, 0.1) is 12.0 Å². The molecule has 0 amide bonds. The van der Waals surface area contributed by atoms with Gasteiger partial charge in [-0.15, -0.1) is 0 Å². The highest BCUT2D eigenvalue weighted by molar-refractivity contribution is 5.77. The molecule has 4 unspecified atom stereocenters. The number of benzene rings is 1. The molecular formula is C18H20O4. The van der Waals surface area contributed by atoms with E-state index in [1.807, 2.05) is 19.9 Å². The van der Waals surface area contributed by atoms with Crippen LogP contribution in [0.4, 0.5) is 0 Å². The minimum absolute atomic E-state index is 0.0102. The molecule has 3 aliphatic heterocycles. The van der Waals surface area contributed by atoms with Crippen molar-refractivity contribution in [3.8, 4) is 0 Å². The van der Waals surface area contributed by atoms with Crippen molar-refractivity contribution in [1.82, 2.24) is 0 Å². The average Bonchev–Trinajstić information content (AvgIpc) is 3.10. The molecule has 3 saturated heterocycles. The molecule has 116 valence electrons. The first-order valence-electron chi connectivity index (χ1n) is 8.15. The SMILES string of the molecule is C[C@]12OC(=O)C3CC4C(C31)[C@@](C)(O[C@@H]4Cc1ccccc1)O2. The molecule has 7 atom stereocenters. The lowest BCUT2D eigenvalue weighted by atomic mass is 9.81. The Hall–Kier alpha value is -1.39. The number of rotatable bonds is 2. The van der Waals surface area contributed by atoms with Crippen LogP contribution in [0.1, 0.15) is 25.8 Å². The average molecular weight is 300 g/mol. The maximum atomic E-state index is 12.2. The fraction of sp³-hybridized carbons (Fsp3) is 0.611. The summed E-state index contributed by atoms with van der Waals surface area (Å²) < 4.78 is 18.0. The molecular weight excluding hydrogens is 280 g/mol. The number of hydrogen-bond donors (Lipinski definition) is 0. The topological polar surface area (TPSA) is 44.8 Å². The molecule has 4 heteroatoms. The highest BCUT2D eigenvalue weighted by Gasteiger charge is 2.77. The summed E-state index contributed by atoms with van der Waals surface area (Å²) in [6.07, 6.45) is 1.88. The Morgan fingerprint density at radius 1 is 1.14 bits per heavy atom. The number of carbonyl (C=O) groups excluding carboxylic acids is 1. The van der Waals surface area contributed by atoms with Crippen LogP contribution in [0.3, 0.4) is 0 Å². The van der Waals surface area contributed by atoms with Crippen molar-refractivity contribution in [2.75, 3.05) is 0 Å². The van der Waals surface area contributed by atoms with E-state index in [2.05, 4.69) is 24.3 Å². The first-order chi connectivity index (χ1) is 10.5. The summed E-state index contributed by atoms with van der Waals surface area (Å²) in [7, 11) is 0. The molecule has 4 fully saturated rings. The lowest BCUT2D eigenvalue weighted by Gasteiger charge is -2.28. The zero-order valence-corrected chi connectivity index (χ0v) is 12.8. The largest absolute Gasteiger partial charge is 0.433 e. The van der Waals surface area contributed by atoms with Crippen molar-refractivity contribution in [3.05, 3.63) is 35.9 Å². The molecule has 4 nitrogen and oxygen atoms in total. The maximum Gasteiger partial charge on any atom is 0.312 e. The van der Waals surface area contributed by atoms with Crippen molar-refractivity contribution in [3.63, 3.8) is 0 Å². The summed E-state index contributed by atoms with van der Waals surface area (Å²) in [4.78, 5) is 12.2. The van der Waals surface area contributed by atoms with E-state index in [-0.39, 0.29) is 29.8 Å². The second-order valence-corrected chi connectivity index (χ2v) is 7.46. The maximum absolute atomic E-state index is 12.2. The van der Waals surface area contributed by atoms with Gasteiger partial charge in [-0.1, -0.05) is 30.3 Å². The molecule has 1 aromatic carbocycles. The van der Waals surface area contributed by atoms with E-state index in [1.54, 1.807) is 0 Å². The van der Waals surface area contributed by atoms with Crippen LogP contribution in [-0.2, 0) is 25.4 Å². The Bertz CT molecular complexity index is 644. The first-order valence-corrected chi connectivity index (χ1v) is 8.15. The van der Waals surface area contributed by atoms with Gasteiger partial charge in [-0.3, -0.25) is 4.79 Å². The van der Waals surface area contributed by atoms with Crippen LogP contribution in [0.2, 0.25) is 0 Å². The van der Waals surface area contributed by atoms with Gasteiger partial charge in [0, 0.05) is 18.8 Å². The van der Waals surface area contributed by atoms with Crippen molar-refractivity contribution in [1.29, 1.82) is 0 Å². The van der Waals surface area contributed by atoms with Gasteiger partial charge in [0.15, 0.2) is 5.79 Å². The van der Waals surface area contributed by atoms with Crippen LogP contribution >= 0.6 is 0 Å². The fourth-order valence-electron chi connectivity index (χ4n) is 5.57. The van der Waals surface area contributed by atoms with Crippen LogP contribution < -0.4 is 0 Å². The van der Waals surface area contributed by atoms with Crippen LogP contribution in [0, 0.1) is 23.7 Å². The number of ether oxygens (including phenoxy) is 3. The highest BCUT2D eigenvalue weighted by atomic mass is 16.8. The summed E-state index contributed by atoms with van der Waals surface area (Å²) >= 11 is 0. The van der Waals surface area contributed by atoms with E-state index in [0.717, 1.165) is 12.8 Å². The van der Waals surface area contributed by atoms with Gasteiger partial charge in [-0.05, 0) is 31.2 Å². The molecule has 0 bridgehead atoms. The Kier molecular flexibility index (Phi) is 2.33. The molecule has 22 heavy (non-hydrogen) atoms. The predicted molar refractivity (Wildman–Crippen MR) is 77.6 cm³/mol. The summed E-state index contributed by atoms with van der Waals surface area (Å²) in [6.45, 7) is 3.92. The molecule has 0 radical (unpaired) electrons. The Balaban J connectivity index is 1.49. The van der Waals surface area contributed by atoms with E-state index >= 15 is 0 Å². The summed E-state index contributed by atoms with van der Waals surface area (Å²) in [5, 5.41) is 0. The summed E-state index contributed by atoms with van der Waals surface area (Å²) in [5.41, 5.74) is 1.28. The fourth-order valence-corrected chi connectivity index (χ4v) is 5.57. The number of hydrogen-bond acceptors (Lipinski definition) is 4. The minimum Gasteiger partial charge on any atom is -0.433 e. The van der Waals surface area contributed by atoms with Crippen molar-refractivity contribution < 1.29 is 19.0 Å². The van der Waals surface area contributed by atoms with E-state index in [9.17, 15) is 4.79 Å². The van der Waals surface area contributed by atoms with Crippen molar-refractivity contribution >= 4 is 5.97 Å². The highest BCUT2D eigenvalue weighted by Crippen LogP contribution is 2.68. The van der Waals surface area contributed by atoms with Crippen LogP contribution in [0.15, 0.2) is 30.3 Å². The third kappa shape index (κ3) is 1.47. The monoisotopic (exact) mass is 300 g/mol. The van der Waals surface area contributed by atoms with Crippen molar-refractivity contribution in [2.45, 2.75) is 44.4 Å². The smallest absolute Gasteiger partial charge is 0.312 e. The summed E-state index contributed by atoms with van der Waals surface area (Å²) in [5.74, 6) is -0.688. The summed E-state index contributed by atoms with van der Waals surface area (Å²) in [6, 6.07) is 10.4. The second kappa shape index (κ2) is 3.92. The van der Waals surface area contributed by atoms with Gasteiger partial charge in [0.25, 0.3) is 0 Å². The van der Waals surface area contributed by atoms with E-state index in [4.69, 9.17) is 14.2 Å². The lowest BCUT2D eigenvalue weighted by molar-refractivity contribution is -0.295. The number of carbonyl (C=O) groups is 1. The quantitative estimate of drug-likeness (QED) is 0.787. The van der Waals surface area contributed by atoms with E-state index < -0.39 is 11.6 Å². The van der Waals surface area contributed by atoms with Gasteiger partial charge in [0.1, 0.15) is 0 Å². The van der Waals surface area contributed by atoms with Gasteiger partial charge >= 0.3 is 5.97 Å². The van der Waals surface area contributed by atoms with Crippen LogP contribution in [-0.4, -0.2) is 23.6 Å². The zero-order valence-electron chi connectivity index (χ0n) is 12.8. The van der Waals surface area contributed by atoms with Gasteiger partial charge < -0.3 is 14.2 Å². The molecule has 3 heterocycles.